The van der Waals surface area contributed by atoms with Gasteiger partial charge in [0.15, 0.2) is 5.76 Å². The van der Waals surface area contributed by atoms with E-state index in [4.69, 9.17) is 4.74 Å². The van der Waals surface area contributed by atoms with Gasteiger partial charge in [0.25, 0.3) is 5.91 Å². The van der Waals surface area contributed by atoms with Crippen LogP contribution < -0.4 is 9.64 Å². The molecule has 0 unspecified atom stereocenters. The fraction of sp³-hybridized carbons (Fsp3) is 0.200. The highest BCUT2D eigenvalue weighted by atomic mass is 16.5. The molecule has 0 atom stereocenters. The Morgan fingerprint density at radius 2 is 1.68 bits per heavy atom. The summed E-state index contributed by atoms with van der Waals surface area (Å²) in [4.78, 5) is 26.4. The van der Waals surface area contributed by atoms with Crippen molar-refractivity contribution in [3.8, 4) is 5.75 Å². The van der Waals surface area contributed by atoms with Gasteiger partial charge in [0.1, 0.15) is 5.75 Å². The second-order valence-electron chi connectivity index (χ2n) is 5.92. The van der Waals surface area contributed by atoms with E-state index in [1.165, 1.54) is 0 Å². The largest absolute Gasteiger partial charge is 0.502 e. The van der Waals surface area contributed by atoms with Crippen LogP contribution in [0.15, 0.2) is 48.2 Å². The van der Waals surface area contributed by atoms with Crippen LogP contribution in [0.5, 0.6) is 5.75 Å². The lowest BCUT2D eigenvalue weighted by molar-refractivity contribution is -0.121. The molecule has 5 nitrogen and oxygen atoms in total. The van der Waals surface area contributed by atoms with Crippen molar-refractivity contribution in [2.75, 3.05) is 11.5 Å². The van der Waals surface area contributed by atoms with Crippen molar-refractivity contribution in [2.45, 2.75) is 20.8 Å². The molecule has 1 heterocycles. The van der Waals surface area contributed by atoms with Crippen molar-refractivity contribution >= 4 is 23.1 Å². The monoisotopic (exact) mass is 337 g/mol. The Morgan fingerprint density at radius 1 is 1.00 bits per heavy atom. The van der Waals surface area contributed by atoms with Crippen LogP contribution in [0, 0.1) is 13.8 Å². The zero-order chi connectivity index (χ0) is 18.1. The number of benzene rings is 2. The number of rotatable bonds is 4. The maximum Gasteiger partial charge on any atom is 0.301 e. The van der Waals surface area contributed by atoms with Crippen LogP contribution >= 0.6 is 0 Å². The van der Waals surface area contributed by atoms with Crippen molar-refractivity contribution in [3.05, 3.63) is 64.9 Å². The SMILES string of the molecule is CCOc1ccc(C2=C(O)C(=O)N(c3cc(C)ccc3C)C2=O)cc1. The van der Waals surface area contributed by atoms with Gasteiger partial charge in [0, 0.05) is 0 Å². The lowest BCUT2D eigenvalue weighted by atomic mass is 10.1. The van der Waals surface area contributed by atoms with E-state index >= 15 is 0 Å². The molecule has 0 saturated heterocycles. The highest BCUT2D eigenvalue weighted by Gasteiger charge is 2.40. The van der Waals surface area contributed by atoms with Crippen molar-refractivity contribution in [1.29, 1.82) is 0 Å². The van der Waals surface area contributed by atoms with E-state index in [-0.39, 0.29) is 5.57 Å². The highest BCUT2D eigenvalue weighted by Crippen LogP contribution is 2.34. The molecule has 0 spiro atoms. The Hall–Kier alpha value is -3.08. The molecule has 2 aromatic carbocycles. The number of aryl methyl sites for hydroxylation is 2. The van der Waals surface area contributed by atoms with Crippen LogP contribution in [-0.4, -0.2) is 23.5 Å². The molecule has 3 rings (SSSR count). The minimum absolute atomic E-state index is 0.00829. The van der Waals surface area contributed by atoms with Crippen LogP contribution in [0.4, 0.5) is 5.69 Å². The van der Waals surface area contributed by atoms with E-state index in [0.717, 1.165) is 16.0 Å². The van der Waals surface area contributed by atoms with E-state index in [0.29, 0.717) is 23.6 Å². The lowest BCUT2D eigenvalue weighted by Gasteiger charge is -2.17. The summed E-state index contributed by atoms with van der Waals surface area (Å²) in [6.07, 6.45) is 0. The Morgan fingerprint density at radius 3 is 2.32 bits per heavy atom. The predicted octanol–water partition coefficient (Wildman–Crippen LogP) is 3.54. The standard InChI is InChI=1S/C20H19NO4/c1-4-25-15-9-7-14(8-10-15)17-18(22)20(24)21(19(17)23)16-11-12(2)5-6-13(16)3/h5-11,22H,4H2,1-3H3. The minimum Gasteiger partial charge on any atom is -0.502 e. The van der Waals surface area contributed by atoms with Crippen molar-refractivity contribution in [1.82, 2.24) is 0 Å². The Balaban J connectivity index is 2.01. The average molecular weight is 337 g/mol. The summed E-state index contributed by atoms with van der Waals surface area (Å²) >= 11 is 0. The third kappa shape index (κ3) is 2.89. The highest BCUT2D eigenvalue weighted by molar-refractivity contribution is 6.45. The predicted molar refractivity (Wildman–Crippen MR) is 95.6 cm³/mol. The van der Waals surface area contributed by atoms with E-state index < -0.39 is 17.6 Å². The Bertz CT molecular complexity index is 881. The number of imide groups is 1. The molecule has 2 amide bonds. The molecule has 0 fully saturated rings. The molecule has 2 aromatic rings. The molecule has 128 valence electrons. The number of carbonyl (C=O) groups is 2. The van der Waals surface area contributed by atoms with Gasteiger partial charge in [-0.15, -0.1) is 0 Å². The smallest absolute Gasteiger partial charge is 0.301 e. The molecule has 0 aliphatic carbocycles. The zero-order valence-electron chi connectivity index (χ0n) is 14.4. The van der Waals surface area contributed by atoms with Gasteiger partial charge in [-0.2, -0.15) is 0 Å². The Labute approximate surface area is 146 Å². The van der Waals surface area contributed by atoms with E-state index in [1.54, 1.807) is 30.3 Å². The van der Waals surface area contributed by atoms with Gasteiger partial charge in [0.05, 0.1) is 17.9 Å². The number of amides is 2. The van der Waals surface area contributed by atoms with Crippen molar-refractivity contribution in [2.24, 2.45) is 0 Å². The first kappa shape index (κ1) is 16.8. The van der Waals surface area contributed by atoms with Gasteiger partial charge in [-0.3, -0.25) is 9.59 Å². The molecule has 0 radical (unpaired) electrons. The summed E-state index contributed by atoms with van der Waals surface area (Å²) in [6.45, 7) is 6.12. The molecular formula is C20H19NO4. The second kappa shape index (κ2) is 6.43. The number of hydrogen-bond donors (Lipinski definition) is 1. The van der Waals surface area contributed by atoms with E-state index in [1.807, 2.05) is 32.9 Å². The lowest BCUT2D eigenvalue weighted by Crippen LogP contribution is -2.32. The molecule has 5 heteroatoms. The van der Waals surface area contributed by atoms with Crippen LogP contribution in [0.2, 0.25) is 0 Å². The number of anilines is 1. The van der Waals surface area contributed by atoms with Crippen LogP contribution in [0.3, 0.4) is 0 Å². The van der Waals surface area contributed by atoms with Crippen LogP contribution in [0.1, 0.15) is 23.6 Å². The van der Waals surface area contributed by atoms with E-state index in [2.05, 4.69) is 0 Å². The molecule has 0 bridgehead atoms. The first-order chi connectivity index (χ1) is 11.9. The average Bonchev–Trinajstić information content (AvgIpc) is 2.81. The topological polar surface area (TPSA) is 66.8 Å². The van der Waals surface area contributed by atoms with Gasteiger partial charge < -0.3 is 9.84 Å². The Kier molecular flexibility index (Phi) is 4.31. The third-order valence-electron chi connectivity index (χ3n) is 4.12. The first-order valence-corrected chi connectivity index (χ1v) is 8.06. The summed E-state index contributed by atoms with van der Waals surface area (Å²) in [5.74, 6) is -1.10. The minimum atomic E-state index is -0.706. The summed E-state index contributed by atoms with van der Waals surface area (Å²) < 4.78 is 5.38. The van der Waals surface area contributed by atoms with Crippen molar-refractivity contribution in [3.63, 3.8) is 0 Å². The van der Waals surface area contributed by atoms with E-state index in [9.17, 15) is 14.7 Å². The van der Waals surface area contributed by atoms with Crippen LogP contribution in [0.25, 0.3) is 5.57 Å². The summed E-state index contributed by atoms with van der Waals surface area (Å²) in [6, 6.07) is 12.2. The molecule has 1 aliphatic heterocycles. The second-order valence-corrected chi connectivity index (χ2v) is 5.92. The molecule has 0 aromatic heterocycles. The van der Waals surface area contributed by atoms with Gasteiger partial charge >= 0.3 is 5.91 Å². The molecule has 1 N–H and O–H groups in total. The van der Waals surface area contributed by atoms with Gasteiger partial charge in [-0.25, -0.2) is 4.90 Å². The molecule has 1 aliphatic rings. The summed E-state index contributed by atoms with van der Waals surface area (Å²) in [5.41, 5.74) is 2.69. The van der Waals surface area contributed by atoms with Crippen molar-refractivity contribution < 1.29 is 19.4 Å². The van der Waals surface area contributed by atoms with Gasteiger partial charge in [0.2, 0.25) is 0 Å². The number of ether oxygens (including phenoxy) is 1. The zero-order valence-corrected chi connectivity index (χ0v) is 14.4. The normalized spacial score (nSPS) is 14.4. The number of aliphatic hydroxyl groups excluding tert-OH is 1. The molecule has 25 heavy (non-hydrogen) atoms. The van der Waals surface area contributed by atoms with Gasteiger partial charge in [-0.1, -0.05) is 24.3 Å². The third-order valence-corrected chi connectivity index (χ3v) is 4.12. The number of hydrogen-bond acceptors (Lipinski definition) is 4. The maximum absolute atomic E-state index is 12.9. The fourth-order valence-electron chi connectivity index (χ4n) is 2.84. The van der Waals surface area contributed by atoms with Crippen LogP contribution in [-0.2, 0) is 9.59 Å². The molecule has 0 saturated carbocycles. The van der Waals surface area contributed by atoms with Gasteiger partial charge in [-0.05, 0) is 55.7 Å². The summed E-state index contributed by atoms with van der Waals surface area (Å²) in [7, 11) is 0. The number of aliphatic hydroxyl groups is 1. The quantitative estimate of drug-likeness (QED) is 0.867. The summed E-state index contributed by atoms with van der Waals surface area (Å²) in [5, 5.41) is 10.3. The fourth-order valence-corrected chi connectivity index (χ4v) is 2.84. The number of carbonyl (C=O) groups excluding carboxylic acids is 2. The molecular weight excluding hydrogens is 318 g/mol. The number of nitrogens with zero attached hydrogens (tertiary/aromatic N) is 1. The maximum atomic E-state index is 12.9. The first-order valence-electron chi connectivity index (χ1n) is 8.06.